The fraction of sp³-hybridized carbons (Fsp3) is 0.0769. The van der Waals surface area contributed by atoms with Crippen LogP contribution < -0.4 is 4.74 Å². The molecule has 0 unspecified atom stereocenters. The van der Waals surface area contributed by atoms with Crippen molar-refractivity contribution in [2.75, 3.05) is 0 Å². The molecule has 0 spiro atoms. The first kappa shape index (κ1) is 9.59. The SMILES string of the molecule is C=C(C)Oc1ccc(O)c2ccccc12. The second kappa shape index (κ2) is 3.65. The molecule has 0 fully saturated rings. The Morgan fingerprint density at radius 2 is 1.80 bits per heavy atom. The highest BCUT2D eigenvalue weighted by Gasteiger charge is 2.05. The van der Waals surface area contributed by atoms with Crippen LogP contribution >= 0.6 is 0 Å². The largest absolute Gasteiger partial charge is 0.507 e. The van der Waals surface area contributed by atoms with Gasteiger partial charge in [0.25, 0.3) is 0 Å². The molecule has 0 aliphatic heterocycles. The lowest BCUT2D eigenvalue weighted by molar-refractivity contribution is 0.433. The van der Waals surface area contributed by atoms with E-state index in [1.165, 1.54) is 0 Å². The van der Waals surface area contributed by atoms with Crippen molar-refractivity contribution >= 4 is 10.8 Å². The molecule has 0 heterocycles. The monoisotopic (exact) mass is 200 g/mol. The number of fused-ring (bicyclic) bond motifs is 1. The number of hydrogen-bond acceptors (Lipinski definition) is 2. The van der Waals surface area contributed by atoms with Gasteiger partial charge in [0.05, 0.1) is 5.76 Å². The van der Waals surface area contributed by atoms with Gasteiger partial charge in [-0.15, -0.1) is 0 Å². The molecule has 0 saturated heterocycles. The highest BCUT2D eigenvalue weighted by molar-refractivity contribution is 5.93. The van der Waals surface area contributed by atoms with Gasteiger partial charge in [-0.3, -0.25) is 0 Å². The maximum Gasteiger partial charge on any atom is 0.134 e. The van der Waals surface area contributed by atoms with Gasteiger partial charge < -0.3 is 9.84 Å². The molecule has 15 heavy (non-hydrogen) atoms. The summed E-state index contributed by atoms with van der Waals surface area (Å²) in [5.41, 5.74) is 0. The average molecular weight is 200 g/mol. The zero-order valence-electron chi connectivity index (χ0n) is 8.53. The quantitative estimate of drug-likeness (QED) is 0.752. The molecular formula is C13H12O2. The van der Waals surface area contributed by atoms with Crippen molar-refractivity contribution < 1.29 is 9.84 Å². The lowest BCUT2D eigenvalue weighted by Crippen LogP contribution is -1.89. The van der Waals surface area contributed by atoms with Gasteiger partial charge in [0, 0.05) is 10.8 Å². The Hall–Kier alpha value is -1.96. The van der Waals surface area contributed by atoms with Crippen LogP contribution in [-0.4, -0.2) is 5.11 Å². The zero-order chi connectivity index (χ0) is 10.8. The Labute approximate surface area is 88.4 Å². The smallest absolute Gasteiger partial charge is 0.134 e. The Bertz CT molecular complexity index is 515. The Morgan fingerprint density at radius 1 is 1.13 bits per heavy atom. The Balaban J connectivity index is 2.66. The number of rotatable bonds is 2. The van der Waals surface area contributed by atoms with Gasteiger partial charge in [-0.05, 0) is 19.1 Å². The van der Waals surface area contributed by atoms with Gasteiger partial charge in [0.1, 0.15) is 11.5 Å². The molecule has 2 heteroatoms. The molecular weight excluding hydrogens is 188 g/mol. The minimum Gasteiger partial charge on any atom is -0.507 e. The lowest BCUT2D eigenvalue weighted by atomic mass is 10.1. The lowest BCUT2D eigenvalue weighted by Gasteiger charge is -2.09. The predicted molar refractivity (Wildman–Crippen MR) is 61.1 cm³/mol. The Kier molecular flexibility index (Phi) is 2.34. The molecule has 2 aromatic rings. The van der Waals surface area contributed by atoms with Crippen molar-refractivity contribution in [1.29, 1.82) is 0 Å². The normalized spacial score (nSPS) is 10.2. The number of benzene rings is 2. The summed E-state index contributed by atoms with van der Waals surface area (Å²) in [6, 6.07) is 10.9. The molecule has 2 aromatic carbocycles. The van der Waals surface area contributed by atoms with Crippen LogP contribution in [0.1, 0.15) is 6.92 Å². The van der Waals surface area contributed by atoms with Gasteiger partial charge in [0.15, 0.2) is 0 Å². The summed E-state index contributed by atoms with van der Waals surface area (Å²) in [7, 11) is 0. The van der Waals surface area contributed by atoms with Crippen LogP contribution in [0.4, 0.5) is 0 Å². The molecule has 0 saturated carbocycles. The third-order valence-corrected chi connectivity index (χ3v) is 2.15. The average Bonchev–Trinajstić information content (AvgIpc) is 2.22. The molecule has 2 nitrogen and oxygen atoms in total. The van der Waals surface area contributed by atoms with Crippen LogP contribution in [0, 0.1) is 0 Å². The first-order valence-corrected chi connectivity index (χ1v) is 4.72. The first-order valence-electron chi connectivity index (χ1n) is 4.72. The van der Waals surface area contributed by atoms with E-state index < -0.39 is 0 Å². The maximum atomic E-state index is 9.65. The molecule has 0 bridgehead atoms. The number of ether oxygens (including phenoxy) is 1. The van der Waals surface area contributed by atoms with Crippen molar-refractivity contribution in [3.8, 4) is 11.5 Å². The summed E-state index contributed by atoms with van der Waals surface area (Å²) < 4.78 is 5.48. The third kappa shape index (κ3) is 1.79. The minimum absolute atomic E-state index is 0.264. The number of allylic oxidation sites excluding steroid dienone is 1. The summed E-state index contributed by atoms with van der Waals surface area (Å²) >= 11 is 0. The summed E-state index contributed by atoms with van der Waals surface area (Å²) in [6.45, 7) is 5.49. The molecule has 1 N–H and O–H groups in total. The van der Waals surface area contributed by atoms with E-state index >= 15 is 0 Å². The number of hydrogen-bond donors (Lipinski definition) is 1. The van der Waals surface area contributed by atoms with Crippen molar-refractivity contribution in [1.82, 2.24) is 0 Å². The summed E-state index contributed by atoms with van der Waals surface area (Å²) in [6.07, 6.45) is 0. The van der Waals surface area contributed by atoms with E-state index in [2.05, 4.69) is 6.58 Å². The fourth-order valence-electron chi connectivity index (χ4n) is 1.53. The van der Waals surface area contributed by atoms with E-state index in [0.29, 0.717) is 5.76 Å². The molecule has 0 atom stereocenters. The molecule has 0 aliphatic carbocycles. The van der Waals surface area contributed by atoms with Crippen LogP contribution in [0.25, 0.3) is 10.8 Å². The maximum absolute atomic E-state index is 9.65. The van der Waals surface area contributed by atoms with Crippen LogP contribution in [-0.2, 0) is 0 Å². The zero-order valence-corrected chi connectivity index (χ0v) is 8.53. The number of phenolic OH excluding ortho intramolecular Hbond substituents is 1. The van der Waals surface area contributed by atoms with E-state index in [4.69, 9.17) is 4.74 Å². The van der Waals surface area contributed by atoms with Crippen LogP contribution in [0.5, 0.6) is 11.5 Å². The van der Waals surface area contributed by atoms with E-state index in [1.807, 2.05) is 24.3 Å². The van der Waals surface area contributed by atoms with Crippen LogP contribution in [0.15, 0.2) is 48.7 Å². The highest BCUT2D eigenvalue weighted by atomic mass is 16.5. The van der Waals surface area contributed by atoms with E-state index in [9.17, 15) is 5.11 Å². The van der Waals surface area contributed by atoms with Gasteiger partial charge >= 0.3 is 0 Å². The number of phenols is 1. The van der Waals surface area contributed by atoms with Gasteiger partial charge in [-0.1, -0.05) is 30.8 Å². The van der Waals surface area contributed by atoms with Crippen molar-refractivity contribution in [2.24, 2.45) is 0 Å². The predicted octanol–water partition coefficient (Wildman–Crippen LogP) is 3.46. The summed E-state index contributed by atoms with van der Waals surface area (Å²) in [5, 5.41) is 11.3. The summed E-state index contributed by atoms with van der Waals surface area (Å²) in [5.74, 6) is 1.61. The van der Waals surface area contributed by atoms with Crippen molar-refractivity contribution in [2.45, 2.75) is 6.92 Å². The van der Waals surface area contributed by atoms with Crippen LogP contribution in [0.3, 0.4) is 0 Å². The van der Waals surface area contributed by atoms with Gasteiger partial charge in [-0.25, -0.2) is 0 Å². The number of aromatic hydroxyl groups is 1. The molecule has 0 radical (unpaired) electrons. The molecule has 76 valence electrons. The van der Waals surface area contributed by atoms with E-state index in [-0.39, 0.29) is 5.75 Å². The minimum atomic E-state index is 0.264. The van der Waals surface area contributed by atoms with Crippen molar-refractivity contribution in [3.63, 3.8) is 0 Å². The van der Waals surface area contributed by atoms with E-state index in [1.54, 1.807) is 19.1 Å². The molecule has 0 aliphatic rings. The Morgan fingerprint density at radius 3 is 2.47 bits per heavy atom. The molecule has 0 amide bonds. The second-order valence-electron chi connectivity index (χ2n) is 3.43. The van der Waals surface area contributed by atoms with Crippen molar-refractivity contribution in [3.05, 3.63) is 48.7 Å². The van der Waals surface area contributed by atoms with E-state index in [0.717, 1.165) is 16.5 Å². The standard InChI is InChI=1S/C13H12O2/c1-9(2)15-13-8-7-12(14)10-5-3-4-6-11(10)13/h3-8,14H,1H2,2H3. The van der Waals surface area contributed by atoms with Crippen LogP contribution in [0.2, 0.25) is 0 Å². The molecule has 2 rings (SSSR count). The highest BCUT2D eigenvalue weighted by Crippen LogP contribution is 2.32. The topological polar surface area (TPSA) is 29.5 Å². The molecule has 0 aromatic heterocycles. The summed E-state index contributed by atoms with van der Waals surface area (Å²) in [4.78, 5) is 0. The van der Waals surface area contributed by atoms with Gasteiger partial charge in [-0.2, -0.15) is 0 Å². The van der Waals surface area contributed by atoms with Gasteiger partial charge in [0.2, 0.25) is 0 Å². The third-order valence-electron chi connectivity index (χ3n) is 2.15. The second-order valence-corrected chi connectivity index (χ2v) is 3.43. The first-order chi connectivity index (χ1) is 7.18. The fourth-order valence-corrected chi connectivity index (χ4v) is 1.53.